The summed E-state index contributed by atoms with van der Waals surface area (Å²) >= 11 is 5.67. The van der Waals surface area contributed by atoms with Gasteiger partial charge in [0.05, 0.1) is 10.2 Å². The molecule has 76 valence electrons. The lowest BCUT2D eigenvalue weighted by Gasteiger charge is -2.08. The minimum absolute atomic E-state index is 0.772. The Morgan fingerprint density at radius 2 is 2.07 bits per heavy atom. The van der Waals surface area contributed by atoms with Crippen molar-refractivity contribution < 1.29 is 0 Å². The minimum atomic E-state index is 0.772. The van der Waals surface area contributed by atoms with Gasteiger partial charge in [-0.3, -0.25) is 0 Å². The number of benzene rings is 1. The Morgan fingerprint density at radius 1 is 1.27 bits per heavy atom. The van der Waals surface area contributed by atoms with Gasteiger partial charge in [-0.25, -0.2) is 9.97 Å². The molecule has 0 aliphatic carbocycles. The molecule has 15 heavy (non-hydrogen) atoms. The lowest BCUT2D eigenvalue weighted by atomic mass is 10.3. The number of hydrogen-bond acceptors (Lipinski definition) is 3. The first-order chi connectivity index (χ1) is 7.27. The summed E-state index contributed by atoms with van der Waals surface area (Å²) in [6.07, 6.45) is 3.23. The molecular weight excluding hydrogens is 369 g/mol. The topological polar surface area (TPSA) is 37.8 Å². The molecule has 0 aliphatic heterocycles. The Balaban J connectivity index is 2.30. The highest BCUT2D eigenvalue weighted by atomic mass is 127. The molecule has 1 heterocycles. The van der Waals surface area contributed by atoms with Crippen LogP contribution in [0.4, 0.5) is 11.5 Å². The van der Waals surface area contributed by atoms with Crippen molar-refractivity contribution in [1.29, 1.82) is 0 Å². The van der Waals surface area contributed by atoms with Crippen molar-refractivity contribution >= 4 is 50.0 Å². The van der Waals surface area contributed by atoms with Gasteiger partial charge in [0.1, 0.15) is 12.1 Å². The highest BCUT2D eigenvalue weighted by Crippen LogP contribution is 2.25. The van der Waals surface area contributed by atoms with Gasteiger partial charge in [0.2, 0.25) is 0 Å². The number of nitrogens with zero attached hydrogens (tertiary/aromatic N) is 2. The fourth-order valence-electron chi connectivity index (χ4n) is 1.09. The van der Waals surface area contributed by atoms with Crippen LogP contribution < -0.4 is 5.32 Å². The van der Waals surface area contributed by atoms with Gasteiger partial charge in [-0.15, -0.1) is 0 Å². The molecule has 0 amide bonds. The van der Waals surface area contributed by atoms with Gasteiger partial charge in [0.25, 0.3) is 0 Å². The van der Waals surface area contributed by atoms with E-state index in [-0.39, 0.29) is 0 Å². The van der Waals surface area contributed by atoms with Crippen LogP contribution in [0.15, 0.2) is 41.3 Å². The normalized spacial score (nSPS) is 10.0. The van der Waals surface area contributed by atoms with Crippen molar-refractivity contribution in [2.75, 3.05) is 5.32 Å². The van der Waals surface area contributed by atoms with E-state index in [0.717, 1.165) is 19.5 Å². The minimum Gasteiger partial charge on any atom is -0.338 e. The van der Waals surface area contributed by atoms with Gasteiger partial charge in [-0.1, -0.05) is 12.1 Å². The van der Waals surface area contributed by atoms with Crippen molar-refractivity contribution in [2.24, 2.45) is 0 Å². The molecule has 0 unspecified atom stereocenters. The van der Waals surface area contributed by atoms with E-state index >= 15 is 0 Å². The van der Waals surface area contributed by atoms with Crippen LogP contribution in [0.25, 0.3) is 0 Å². The van der Waals surface area contributed by atoms with Crippen molar-refractivity contribution in [2.45, 2.75) is 0 Å². The Kier molecular flexibility index (Phi) is 3.53. The van der Waals surface area contributed by atoms with E-state index in [1.807, 2.05) is 24.3 Å². The molecule has 0 saturated heterocycles. The molecule has 2 aromatic rings. The molecule has 0 fully saturated rings. The fraction of sp³-hybridized carbons (Fsp3) is 0. The van der Waals surface area contributed by atoms with Crippen LogP contribution in [0.2, 0.25) is 0 Å². The Hall–Kier alpha value is -0.690. The predicted octanol–water partition coefficient (Wildman–Crippen LogP) is 3.59. The largest absolute Gasteiger partial charge is 0.338 e. The zero-order valence-electron chi connectivity index (χ0n) is 7.61. The molecule has 0 aliphatic rings. The summed E-state index contributed by atoms with van der Waals surface area (Å²) in [5.74, 6) is 0.772. The maximum absolute atomic E-state index is 4.14. The van der Waals surface area contributed by atoms with E-state index in [1.165, 1.54) is 6.33 Å². The molecule has 1 aromatic carbocycles. The van der Waals surface area contributed by atoms with Gasteiger partial charge >= 0.3 is 0 Å². The number of nitrogens with one attached hydrogen (secondary N) is 1. The number of hydrogen-bond donors (Lipinski definition) is 1. The lowest BCUT2D eigenvalue weighted by molar-refractivity contribution is 1.15. The van der Waals surface area contributed by atoms with Crippen LogP contribution in [-0.2, 0) is 0 Å². The number of para-hydroxylation sites is 1. The van der Waals surface area contributed by atoms with E-state index in [1.54, 1.807) is 6.20 Å². The van der Waals surface area contributed by atoms with Crippen LogP contribution in [-0.4, -0.2) is 9.97 Å². The number of halogens is 2. The molecule has 0 bridgehead atoms. The predicted molar refractivity (Wildman–Crippen MR) is 72.2 cm³/mol. The molecule has 1 N–H and O–H groups in total. The van der Waals surface area contributed by atoms with Crippen LogP contribution in [0.3, 0.4) is 0 Å². The van der Waals surface area contributed by atoms with Crippen LogP contribution in [0, 0.1) is 3.57 Å². The second kappa shape index (κ2) is 4.89. The molecule has 2 rings (SSSR count). The van der Waals surface area contributed by atoms with Crippen LogP contribution in [0.1, 0.15) is 0 Å². The zero-order chi connectivity index (χ0) is 10.7. The molecular formula is C10H7BrIN3. The number of rotatable bonds is 2. The molecule has 0 atom stereocenters. The fourth-order valence-corrected chi connectivity index (χ4v) is 1.94. The third-order valence-electron chi connectivity index (χ3n) is 1.79. The zero-order valence-corrected chi connectivity index (χ0v) is 11.4. The van der Waals surface area contributed by atoms with Gasteiger partial charge < -0.3 is 5.32 Å². The molecule has 1 aromatic heterocycles. The molecule has 0 spiro atoms. The first-order valence-electron chi connectivity index (χ1n) is 4.24. The van der Waals surface area contributed by atoms with Gasteiger partial charge in [-0.2, -0.15) is 0 Å². The second-order valence-electron chi connectivity index (χ2n) is 2.82. The van der Waals surface area contributed by atoms with Gasteiger partial charge in [-0.05, 0) is 50.7 Å². The maximum atomic E-state index is 4.14. The summed E-state index contributed by atoms with van der Waals surface area (Å²) in [4.78, 5) is 8.05. The van der Waals surface area contributed by atoms with Crippen molar-refractivity contribution in [1.82, 2.24) is 9.97 Å². The average molecular weight is 376 g/mol. The molecule has 0 radical (unpaired) electrons. The highest BCUT2D eigenvalue weighted by Gasteiger charge is 2.03. The SMILES string of the molecule is Brc1cncnc1Nc1ccccc1I. The number of aromatic nitrogens is 2. The maximum Gasteiger partial charge on any atom is 0.148 e. The molecule has 5 heteroatoms. The van der Waals surface area contributed by atoms with Gasteiger partial charge in [0.15, 0.2) is 0 Å². The summed E-state index contributed by atoms with van der Waals surface area (Å²) in [6.45, 7) is 0. The summed E-state index contributed by atoms with van der Waals surface area (Å²) < 4.78 is 2.00. The number of anilines is 2. The summed E-state index contributed by atoms with van der Waals surface area (Å²) in [6, 6.07) is 8.04. The van der Waals surface area contributed by atoms with Crippen LogP contribution in [0.5, 0.6) is 0 Å². The molecule has 3 nitrogen and oxygen atoms in total. The monoisotopic (exact) mass is 375 g/mol. The Morgan fingerprint density at radius 3 is 2.80 bits per heavy atom. The standard InChI is InChI=1S/C10H7BrIN3/c11-7-5-13-6-14-10(7)15-9-4-2-1-3-8(9)12/h1-6H,(H,13,14,15). The van der Waals surface area contributed by atoms with Crippen molar-refractivity contribution in [3.05, 3.63) is 44.8 Å². The Bertz CT molecular complexity index is 432. The second-order valence-corrected chi connectivity index (χ2v) is 4.84. The van der Waals surface area contributed by atoms with E-state index in [0.29, 0.717) is 0 Å². The summed E-state index contributed by atoms with van der Waals surface area (Å²) in [5.41, 5.74) is 1.04. The van der Waals surface area contributed by atoms with E-state index in [9.17, 15) is 0 Å². The van der Waals surface area contributed by atoms with Crippen molar-refractivity contribution in [3.63, 3.8) is 0 Å². The first-order valence-corrected chi connectivity index (χ1v) is 6.11. The van der Waals surface area contributed by atoms with E-state index in [4.69, 9.17) is 0 Å². The lowest BCUT2D eigenvalue weighted by Crippen LogP contribution is -1.96. The first kappa shape index (κ1) is 10.8. The third-order valence-corrected chi connectivity index (χ3v) is 3.32. The van der Waals surface area contributed by atoms with E-state index < -0.39 is 0 Å². The van der Waals surface area contributed by atoms with Crippen molar-refractivity contribution in [3.8, 4) is 0 Å². The van der Waals surface area contributed by atoms with Crippen LogP contribution >= 0.6 is 38.5 Å². The average Bonchev–Trinajstić information content (AvgIpc) is 2.24. The quantitative estimate of drug-likeness (QED) is 0.815. The smallest absolute Gasteiger partial charge is 0.148 e. The highest BCUT2D eigenvalue weighted by molar-refractivity contribution is 14.1. The Labute approximate surface area is 110 Å². The third kappa shape index (κ3) is 2.66. The van der Waals surface area contributed by atoms with Gasteiger partial charge in [0, 0.05) is 9.77 Å². The summed E-state index contributed by atoms with van der Waals surface area (Å²) in [5, 5.41) is 3.23. The summed E-state index contributed by atoms with van der Waals surface area (Å²) in [7, 11) is 0. The van der Waals surface area contributed by atoms with E-state index in [2.05, 4.69) is 53.8 Å². The molecule has 0 saturated carbocycles.